The first kappa shape index (κ1) is 14.9. The normalized spacial score (nSPS) is 25.9. The summed E-state index contributed by atoms with van der Waals surface area (Å²) in [4.78, 5) is 18.7. The molecule has 1 atom stereocenters. The minimum Gasteiger partial charge on any atom is -0.352 e. The highest BCUT2D eigenvalue weighted by Gasteiger charge is 2.38. The number of aromatic nitrogens is 2. The molecule has 3 aliphatic rings. The summed E-state index contributed by atoms with van der Waals surface area (Å²) in [6.07, 6.45) is 4.59. The Morgan fingerprint density at radius 3 is 2.61 bits per heavy atom. The van der Waals surface area contributed by atoms with E-state index in [4.69, 9.17) is 0 Å². The second-order valence-corrected chi connectivity index (χ2v) is 7.23. The van der Waals surface area contributed by atoms with Crippen LogP contribution in [0.15, 0.2) is 12.1 Å². The number of rotatable bonds is 4. The van der Waals surface area contributed by atoms with E-state index in [1.165, 1.54) is 12.8 Å². The molecule has 6 heteroatoms. The number of anilines is 1. The van der Waals surface area contributed by atoms with Gasteiger partial charge in [-0.05, 0) is 44.9 Å². The summed E-state index contributed by atoms with van der Waals surface area (Å²) < 4.78 is 0. The van der Waals surface area contributed by atoms with Gasteiger partial charge in [0.15, 0.2) is 5.82 Å². The van der Waals surface area contributed by atoms with E-state index in [1.54, 1.807) is 0 Å². The molecule has 1 unspecified atom stereocenters. The minimum absolute atomic E-state index is 0.0456. The van der Waals surface area contributed by atoms with Crippen LogP contribution < -0.4 is 4.90 Å². The van der Waals surface area contributed by atoms with Crippen LogP contribution in [0.4, 0.5) is 5.82 Å². The van der Waals surface area contributed by atoms with Gasteiger partial charge in [0.2, 0.25) is 5.91 Å². The van der Waals surface area contributed by atoms with E-state index in [1.807, 2.05) is 11.9 Å². The second-order valence-electron chi connectivity index (χ2n) is 7.23. The molecule has 23 heavy (non-hydrogen) atoms. The summed E-state index contributed by atoms with van der Waals surface area (Å²) in [5.74, 6) is 1.89. The molecule has 1 saturated carbocycles. The first-order chi connectivity index (χ1) is 11.1. The first-order valence-electron chi connectivity index (χ1n) is 8.69. The van der Waals surface area contributed by atoms with Gasteiger partial charge >= 0.3 is 0 Å². The summed E-state index contributed by atoms with van der Waals surface area (Å²) in [5, 5.41) is 8.74. The van der Waals surface area contributed by atoms with Crippen molar-refractivity contribution in [3.8, 4) is 0 Å². The van der Waals surface area contributed by atoms with Crippen molar-refractivity contribution >= 4 is 11.7 Å². The van der Waals surface area contributed by atoms with Gasteiger partial charge in [-0.3, -0.25) is 9.69 Å². The van der Waals surface area contributed by atoms with Crippen molar-refractivity contribution in [3.05, 3.63) is 17.8 Å². The van der Waals surface area contributed by atoms with Crippen molar-refractivity contribution in [2.75, 3.05) is 38.6 Å². The molecule has 0 N–H and O–H groups in total. The standard InChI is InChI=1S/C17H25N5O/c1-20-9-3-4-15(17(20)23)21(2)13-10-22(11-13)16-8-7-14(18-19-16)12-5-6-12/h7-8,12-13,15H,3-6,9-11H2,1-2H3. The lowest BCUT2D eigenvalue weighted by Gasteiger charge is -2.48. The van der Waals surface area contributed by atoms with Crippen LogP contribution in [-0.2, 0) is 4.79 Å². The average Bonchev–Trinajstić information content (AvgIpc) is 3.34. The van der Waals surface area contributed by atoms with Crippen LogP contribution in [0.3, 0.4) is 0 Å². The predicted molar refractivity (Wildman–Crippen MR) is 88.4 cm³/mol. The van der Waals surface area contributed by atoms with Crippen LogP contribution in [0.5, 0.6) is 0 Å². The largest absolute Gasteiger partial charge is 0.352 e. The van der Waals surface area contributed by atoms with Crippen LogP contribution in [0.1, 0.15) is 37.3 Å². The molecule has 0 bridgehead atoms. The van der Waals surface area contributed by atoms with Gasteiger partial charge in [-0.25, -0.2) is 0 Å². The number of likely N-dealkylation sites (N-methyl/N-ethyl adjacent to an activating group) is 2. The number of piperidine rings is 1. The van der Waals surface area contributed by atoms with Gasteiger partial charge < -0.3 is 9.80 Å². The number of hydrogen-bond acceptors (Lipinski definition) is 5. The van der Waals surface area contributed by atoms with E-state index >= 15 is 0 Å². The zero-order valence-electron chi connectivity index (χ0n) is 14.0. The molecule has 0 aromatic carbocycles. The zero-order valence-corrected chi connectivity index (χ0v) is 14.0. The lowest BCUT2D eigenvalue weighted by molar-refractivity contribution is -0.139. The van der Waals surface area contributed by atoms with E-state index < -0.39 is 0 Å². The van der Waals surface area contributed by atoms with Gasteiger partial charge in [0.25, 0.3) is 0 Å². The summed E-state index contributed by atoms with van der Waals surface area (Å²) in [6, 6.07) is 4.69. The molecule has 1 aromatic heterocycles. The first-order valence-corrected chi connectivity index (χ1v) is 8.69. The fourth-order valence-electron chi connectivity index (χ4n) is 3.64. The third-order valence-electron chi connectivity index (χ3n) is 5.55. The molecule has 6 nitrogen and oxygen atoms in total. The van der Waals surface area contributed by atoms with E-state index in [0.29, 0.717) is 12.0 Å². The van der Waals surface area contributed by atoms with E-state index in [-0.39, 0.29) is 11.9 Å². The zero-order chi connectivity index (χ0) is 16.0. The third-order valence-corrected chi connectivity index (χ3v) is 5.55. The molecule has 2 saturated heterocycles. The minimum atomic E-state index is 0.0456. The van der Waals surface area contributed by atoms with Crippen molar-refractivity contribution in [1.29, 1.82) is 0 Å². The number of carbonyl (C=O) groups is 1. The van der Waals surface area contributed by atoms with Gasteiger partial charge in [-0.2, -0.15) is 5.10 Å². The summed E-state index contributed by atoms with van der Waals surface area (Å²) >= 11 is 0. The highest BCUT2D eigenvalue weighted by molar-refractivity contribution is 5.82. The maximum atomic E-state index is 12.3. The van der Waals surface area contributed by atoms with Gasteiger partial charge in [0.1, 0.15) is 0 Å². The maximum Gasteiger partial charge on any atom is 0.239 e. The van der Waals surface area contributed by atoms with E-state index in [9.17, 15) is 4.79 Å². The number of likely N-dealkylation sites (tertiary alicyclic amines) is 1. The van der Waals surface area contributed by atoms with Crippen LogP contribution in [0, 0.1) is 0 Å². The second kappa shape index (κ2) is 5.74. The lowest BCUT2D eigenvalue weighted by atomic mass is 9.99. The van der Waals surface area contributed by atoms with Crippen LogP contribution >= 0.6 is 0 Å². The maximum absolute atomic E-state index is 12.3. The number of hydrogen-bond donors (Lipinski definition) is 0. The average molecular weight is 315 g/mol. The Bertz CT molecular complexity index is 579. The monoisotopic (exact) mass is 315 g/mol. The Labute approximate surface area is 137 Å². The predicted octanol–water partition coefficient (Wildman–Crippen LogP) is 1.10. The van der Waals surface area contributed by atoms with Crippen molar-refractivity contribution in [2.45, 2.75) is 43.7 Å². The molecule has 0 spiro atoms. The Hall–Kier alpha value is -1.69. The highest BCUT2D eigenvalue weighted by Crippen LogP contribution is 2.39. The highest BCUT2D eigenvalue weighted by atomic mass is 16.2. The molecule has 124 valence electrons. The molecular weight excluding hydrogens is 290 g/mol. The molecular formula is C17H25N5O. The van der Waals surface area contributed by atoms with Crippen LogP contribution in [0.2, 0.25) is 0 Å². The van der Waals surface area contributed by atoms with Gasteiger partial charge in [0, 0.05) is 38.6 Å². The quantitative estimate of drug-likeness (QED) is 0.833. The molecule has 4 rings (SSSR count). The molecule has 1 aliphatic carbocycles. The molecule has 2 aliphatic heterocycles. The van der Waals surface area contributed by atoms with E-state index in [2.05, 4.69) is 39.2 Å². The van der Waals surface area contributed by atoms with Crippen molar-refractivity contribution < 1.29 is 4.79 Å². The van der Waals surface area contributed by atoms with Gasteiger partial charge in [0.05, 0.1) is 11.7 Å². The summed E-state index contributed by atoms with van der Waals surface area (Å²) in [5.41, 5.74) is 1.14. The van der Waals surface area contributed by atoms with Gasteiger partial charge in [-0.15, -0.1) is 5.10 Å². The summed E-state index contributed by atoms with van der Waals surface area (Å²) in [7, 11) is 4.00. The Balaban J connectivity index is 1.34. The number of carbonyl (C=O) groups excluding carboxylic acids is 1. The fourth-order valence-corrected chi connectivity index (χ4v) is 3.64. The topological polar surface area (TPSA) is 52.6 Å². The van der Waals surface area contributed by atoms with E-state index in [0.717, 1.165) is 44.0 Å². The number of amides is 1. The Morgan fingerprint density at radius 1 is 1.17 bits per heavy atom. The Morgan fingerprint density at radius 2 is 1.96 bits per heavy atom. The SMILES string of the molecule is CN1CCCC(N(C)C2CN(c3ccc(C4CC4)nn3)C2)C1=O. The fraction of sp³-hybridized carbons (Fsp3) is 0.706. The third kappa shape index (κ3) is 2.80. The van der Waals surface area contributed by atoms with Crippen LogP contribution in [-0.4, -0.2) is 71.7 Å². The van der Waals surface area contributed by atoms with Crippen molar-refractivity contribution in [1.82, 2.24) is 20.0 Å². The lowest BCUT2D eigenvalue weighted by Crippen LogP contribution is -2.63. The van der Waals surface area contributed by atoms with Crippen molar-refractivity contribution in [3.63, 3.8) is 0 Å². The molecule has 0 radical (unpaired) electrons. The molecule has 1 amide bonds. The van der Waals surface area contributed by atoms with Crippen molar-refractivity contribution in [2.24, 2.45) is 0 Å². The molecule has 3 heterocycles. The smallest absolute Gasteiger partial charge is 0.239 e. The molecule has 1 aromatic rings. The Kier molecular flexibility index (Phi) is 3.71. The molecule has 3 fully saturated rings. The van der Waals surface area contributed by atoms with Gasteiger partial charge in [-0.1, -0.05) is 0 Å². The summed E-state index contributed by atoms with van der Waals surface area (Å²) in [6.45, 7) is 2.76. The van der Waals surface area contributed by atoms with Crippen LogP contribution in [0.25, 0.3) is 0 Å². The number of nitrogens with zero attached hydrogens (tertiary/aromatic N) is 5.